The molecule has 2 aliphatic heterocycles. The number of carbonyl (C=O) groups excluding carboxylic acids is 1. The maximum atomic E-state index is 12.4. The van der Waals surface area contributed by atoms with E-state index in [0.29, 0.717) is 13.2 Å². The lowest BCUT2D eigenvalue weighted by Crippen LogP contribution is -3.16. The highest BCUT2D eigenvalue weighted by molar-refractivity contribution is 5.77. The second-order valence-electron chi connectivity index (χ2n) is 8.75. The number of nitriles is 1. The molecule has 0 aliphatic carbocycles. The zero-order valence-corrected chi connectivity index (χ0v) is 18.5. The number of anilines is 1. The SMILES string of the molecule is CCN(CC)C(=O)C[NH+]1CCN(c2[nH+]c(C)c3c(c2C#N)CC(C)(C)OC3)CC1. The molecule has 7 nitrogen and oxygen atoms in total. The van der Waals surface area contributed by atoms with Crippen LogP contribution in [0.5, 0.6) is 0 Å². The first-order chi connectivity index (χ1) is 13.8. The number of fused-ring (bicyclic) bond motifs is 1. The van der Waals surface area contributed by atoms with Crippen molar-refractivity contribution in [2.24, 2.45) is 0 Å². The van der Waals surface area contributed by atoms with E-state index in [1.807, 2.05) is 18.7 Å². The van der Waals surface area contributed by atoms with Crippen LogP contribution in [0, 0.1) is 18.3 Å². The van der Waals surface area contributed by atoms with Crippen LogP contribution in [0.3, 0.4) is 0 Å². The van der Waals surface area contributed by atoms with E-state index in [0.717, 1.165) is 73.9 Å². The Labute approximate surface area is 174 Å². The van der Waals surface area contributed by atoms with Gasteiger partial charge in [-0.25, -0.2) is 9.88 Å². The number of aryl methyl sites for hydroxylation is 1. The molecular weight excluding hydrogens is 366 g/mol. The minimum absolute atomic E-state index is 0.231. The predicted molar refractivity (Wildman–Crippen MR) is 111 cm³/mol. The maximum absolute atomic E-state index is 12.4. The summed E-state index contributed by atoms with van der Waals surface area (Å²) in [6.07, 6.45) is 0.747. The van der Waals surface area contributed by atoms with Gasteiger partial charge in [0, 0.05) is 25.1 Å². The van der Waals surface area contributed by atoms with Crippen molar-refractivity contribution in [1.82, 2.24) is 4.90 Å². The standard InChI is InChI=1S/C22H33N5O2/c1-6-26(7-2)20(28)14-25-8-10-27(11-9-25)21-18(13-23)17-12-22(4,5)29-15-19(17)16(3)24-21/h6-12,14-15H2,1-5H3/p+2. The Kier molecular flexibility index (Phi) is 6.45. The quantitative estimate of drug-likeness (QED) is 0.760. The summed E-state index contributed by atoms with van der Waals surface area (Å²) in [4.78, 5) is 21.4. The molecule has 0 saturated carbocycles. The van der Waals surface area contributed by atoms with E-state index >= 15 is 0 Å². The van der Waals surface area contributed by atoms with Gasteiger partial charge in [-0.2, -0.15) is 5.26 Å². The fourth-order valence-corrected chi connectivity index (χ4v) is 4.45. The molecule has 3 heterocycles. The van der Waals surface area contributed by atoms with Crippen LogP contribution in [-0.2, 0) is 22.6 Å². The molecule has 1 amide bonds. The van der Waals surface area contributed by atoms with Gasteiger partial charge in [0.25, 0.3) is 11.7 Å². The number of amides is 1. The average Bonchev–Trinajstić information content (AvgIpc) is 2.68. The molecule has 0 bridgehead atoms. The summed E-state index contributed by atoms with van der Waals surface area (Å²) >= 11 is 0. The van der Waals surface area contributed by atoms with Crippen molar-refractivity contribution in [1.29, 1.82) is 5.26 Å². The molecule has 2 aliphatic rings. The fraction of sp³-hybridized carbons (Fsp3) is 0.682. The lowest BCUT2D eigenvalue weighted by Gasteiger charge is -2.34. The Morgan fingerprint density at radius 3 is 2.52 bits per heavy atom. The molecule has 0 spiro atoms. The number of hydrogen-bond donors (Lipinski definition) is 1. The number of quaternary nitrogens is 1. The molecule has 0 aromatic carbocycles. The number of piperazine rings is 1. The Hall–Kier alpha value is -2.17. The molecule has 158 valence electrons. The summed E-state index contributed by atoms with van der Waals surface area (Å²) in [5.74, 6) is 1.16. The number of likely N-dealkylation sites (N-methyl/N-ethyl adjacent to an activating group) is 1. The normalized spacial score (nSPS) is 18.8. The van der Waals surface area contributed by atoms with Crippen molar-refractivity contribution in [3.8, 4) is 6.07 Å². The van der Waals surface area contributed by atoms with Crippen LogP contribution in [0.2, 0.25) is 0 Å². The van der Waals surface area contributed by atoms with Crippen LogP contribution in [0.4, 0.5) is 5.82 Å². The lowest BCUT2D eigenvalue weighted by atomic mass is 9.88. The van der Waals surface area contributed by atoms with Gasteiger partial charge in [0.15, 0.2) is 6.54 Å². The van der Waals surface area contributed by atoms with Crippen LogP contribution >= 0.6 is 0 Å². The van der Waals surface area contributed by atoms with E-state index in [1.54, 1.807) is 0 Å². The summed E-state index contributed by atoms with van der Waals surface area (Å²) in [6, 6.07) is 2.46. The first-order valence-electron chi connectivity index (χ1n) is 10.8. The molecule has 7 heteroatoms. The van der Waals surface area contributed by atoms with Crippen LogP contribution in [-0.4, -0.2) is 62.2 Å². The van der Waals surface area contributed by atoms with E-state index in [9.17, 15) is 10.1 Å². The molecule has 0 atom stereocenters. The summed E-state index contributed by atoms with van der Waals surface area (Å²) in [5, 5.41) is 9.96. The van der Waals surface area contributed by atoms with Crippen molar-refractivity contribution in [2.75, 3.05) is 50.7 Å². The number of nitrogens with one attached hydrogen (secondary N) is 2. The zero-order chi connectivity index (χ0) is 21.2. The van der Waals surface area contributed by atoms with Gasteiger partial charge in [0.1, 0.15) is 43.5 Å². The van der Waals surface area contributed by atoms with Crippen LogP contribution in [0.1, 0.15) is 50.1 Å². The molecule has 2 N–H and O–H groups in total. The summed E-state index contributed by atoms with van der Waals surface area (Å²) < 4.78 is 5.96. The minimum atomic E-state index is -0.253. The molecule has 0 radical (unpaired) electrons. The monoisotopic (exact) mass is 401 g/mol. The third-order valence-corrected chi connectivity index (χ3v) is 6.29. The van der Waals surface area contributed by atoms with Gasteiger partial charge in [-0.1, -0.05) is 0 Å². The summed E-state index contributed by atoms with van der Waals surface area (Å²) in [6.45, 7) is 16.4. The second kappa shape index (κ2) is 8.68. The van der Waals surface area contributed by atoms with Gasteiger partial charge in [-0.15, -0.1) is 0 Å². The molecule has 29 heavy (non-hydrogen) atoms. The number of pyridine rings is 1. The van der Waals surface area contributed by atoms with Crippen molar-refractivity contribution in [2.45, 2.75) is 53.2 Å². The molecule has 1 aromatic rings. The largest absolute Gasteiger partial charge is 0.370 e. The van der Waals surface area contributed by atoms with E-state index in [2.05, 4.69) is 36.7 Å². The van der Waals surface area contributed by atoms with Crippen LogP contribution < -0.4 is 14.8 Å². The molecule has 1 saturated heterocycles. The number of carbonyl (C=O) groups is 1. The van der Waals surface area contributed by atoms with Gasteiger partial charge >= 0.3 is 0 Å². The minimum Gasteiger partial charge on any atom is -0.370 e. The molecule has 3 rings (SSSR count). The lowest BCUT2D eigenvalue weighted by molar-refractivity contribution is -0.892. The third-order valence-electron chi connectivity index (χ3n) is 6.29. The van der Waals surface area contributed by atoms with Crippen molar-refractivity contribution in [3.63, 3.8) is 0 Å². The number of aromatic amines is 1. The molecule has 0 unspecified atom stereocenters. The highest BCUT2D eigenvalue weighted by Crippen LogP contribution is 2.33. The molecule has 1 aromatic heterocycles. The number of hydrogen-bond acceptors (Lipinski definition) is 4. The van der Waals surface area contributed by atoms with Crippen molar-refractivity contribution in [3.05, 3.63) is 22.4 Å². The van der Waals surface area contributed by atoms with Gasteiger partial charge in [0.2, 0.25) is 0 Å². The topological polar surface area (TPSA) is 75.2 Å². The summed E-state index contributed by atoms with van der Waals surface area (Å²) in [7, 11) is 0. The number of ether oxygens (including phenoxy) is 1. The molecular formula is C22H35N5O2+2. The zero-order valence-electron chi connectivity index (χ0n) is 18.5. The van der Waals surface area contributed by atoms with Gasteiger partial charge < -0.3 is 14.5 Å². The van der Waals surface area contributed by atoms with Gasteiger partial charge in [-0.3, -0.25) is 4.79 Å². The van der Waals surface area contributed by atoms with E-state index in [4.69, 9.17) is 4.74 Å². The Bertz CT molecular complexity index is 802. The fourth-order valence-electron chi connectivity index (χ4n) is 4.45. The van der Waals surface area contributed by atoms with Crippen LogP contribution in [0.25, 0.3) is 0 Å². The number of H-pyrrole nitrogens is 1. The highest BCUT2D eigenvalue weighted by atomic mass is 16.5. The predicted octanol–water partition coefficient (Wildman–Crippen LogP) is 0.105. The third kappa shape index (κ3) is 4.54. The first kappa shape index (κ1) is 21.5. The van der Waals surface area contributed by atoms with Crippen LogP contribution in [0.15, 0.2) is 0 Å². The van der Waals surface area contributed by atoms with Gasteiger partial charge in [0.05, 0.1) is 12.2 Å². The smallest absolute Gasteiger partial charge is 0.293 e. The van der Waals surface area contributed by atoms with E-state index in [-0.39, 0.29) is 11.5 Å². The average molecular weight is 402 g/mol. The molecule has 1 fully saturated rings. The van der Waals surface area contributed by atoms with Crippen molar-refractivity contribution >= 4 is 11.7 Å². The maximum Gasteiger partial charge on any atom is 0.293 e. The summed E-state index contributed by atoms with van der Waals surface area (Å²) in [5.41, 5.74) is 3.83. The number of nitrogens with zero attached hydrogens (tertiary/aromatic N) is 3. The first-order valence-corrected chi connectivity index (χ1v) is 10.8. The van der Waals surface area contributed by atoms with Crippen molar-refractivity contribution < 1.29 is 19.4 Å². The Balaban J connectivity index is 1.75. The number of rotatable bonds is 5. The van der Waals surface area contributed by atoms with Gasteiger partial charge in [-0.05, 0) is 40.2 Å². The number of aromatic nitrogens is 1. The van der Waals surface area contributed by atoms with E-state index in [1.165, 1.54) is 4.90 Å². The van der Waals surface area contributed by atoms with E-state index < -0.39 is 0 Å². The second-order valence-corrected chi connectivity index (χ2v) is 8.75. The Morgan fingerprint density at radius 1 is 1.28 bits per heavy atom. The highest BCUT2D eigenvalue weighted by Gasteiger charge is 2.36. The Morgan fingerprint density at radius 2 is 1.93 bits per heavy atom.